The maximum Gasteiger partial charge on any atom is 0.320 e. The van der Waals surface area contributed by atoms with Crippen LogP contribution in [0, 0.1) is 5.92 Å². The molecular formula is C15H23NO3. The number of aliphatic carboxylic acids is 1. The Bertz CT molecular complexity index is 427. The van der Waals surface area contributed by atoms with Crippen molar-refractivity contribution in [2.24, 2.45) is 5.92 Å². The lowest BCUT2D eigenvalue weighted by atomic mass is 10.1. The van der Waals surface area contributed by atoms with Gasteiger partial charge in [0.2, 0.25) is 0 Å². The number of carboxylic acids is 1. The Morgan fingerprint density at radius 3 is 2.89 bits per heavy atom. The van der Waals surface area contributed by atoms with E-state index >= 15 is 0 Å². The van der Waals surface area contributed by atoms with Crippen LogP contribution in [0.1, 0.15) is 57.0 Å². The molecule has 0 amide bonds. The van der Waals surface area contributed by atoms with E-state index in [9.17, 15) is 4.79 Å². The topological polar surface area (TPSA) is 62.5 Å². The Kier molecular flexibility index (Phi) is 4.64. The van der Waals surface area contributed by atoms with Gasteiger partial charge in [-0.15, -0.1) is 0 Å². The molecule has 0 radical (unpaired) electrons. The van der Waals surface area contributed by atoms with Gasteiger partial charge >= 0.3 is 5.97 Å². The van der Waals surface area contributed by atoms with E-state index in [0.29, 0.717) is 18.9 Å². The first-order valence-electron chi connectivity index (χ1n) is 7.16. The highest BCUT2D eigenvalue weighted by Crippen LogP contribution is 2.47. The predicted octanol–water partition coefficient (Wildman–Crippen LogP) is 3.14. The smallest absolute Gasteiger partial charge is 0.320 e. The van der Waals surface area contributed by atoms with Crippen LogP contribution in [0.3, 0.4) is 0 Å². The van der Waals surface area contributed by atoms with Crippen molar-refractivity contribution in [3.63, 3.8) is 0 Å². The fourth-order valence-electron chi connectivity index (χ4n) is 2.35. The van der Waals surface area contributed by atoms with Gasteiger partial charge in [-0.25, -0.2) is 0 Å². The molecule has 1 saturated carbocycles. The van der Waals surface area contributed by atoms with Crippen molar-refractivity contribution in [3.8, 4) is 0 Å². The molecule has 0 aliphatic heterocycles. The summed E-state index contributed by atoms with van der Waals surface area (Å²) >= 11 is 0. The summed E-state index contributed by atoms with van der Waals surface area (Å²) in [5.41, 5.74) is 0. The Labute approximate surface area is 114 Å². The van der Waals surface area contributed by atoms with Crippen LogP contribution >= 0.6 is 0 Å². The van der Waals surface area contributed by atoms with Gasteiger partial charge < -0.3 is 9.52 Å². The average molecular weight is 265 g/mol. The van der Waals surface area contributed by atoms with E-state index in [1.54, 1.807) is 0 Å². The zero-order valence-electron chi connectivity index (χ0n) is 11.7. The summed E-state index contributed by atoms with van der Waals surface area (Å²) in [5, 5.41) is 12.2. The van der Waals surface area contributed by atoms with Crippen LogP contribution in [0.4, 0.5) is 0 Å². The number of hydrogen-bond acceptors (Lipinski definition) is 3. The van der Waals surface area contributed by atoms with Crippen molar-refractivity contribution in [1.82, 2.24) is 5.32 Å². The molecule has 106 valence electrons. The van der Waals surface area contributed by atoms with E-state index in [2.05, 4.69) is 19.2 Å². The third-order valence-corrected chi connectivity index (χ3v) is 3.82. The summed E-state index contributed by atoms with van der Waals surface area (Å²) in [7, 11) is 0. The van der Waals surface area contributed by atoms with Crippen LogP contribution in [0.2, 0.25) is 0 Å². The molecule has 2 unspecified atom stereocenters. The second kappa shape index (κ2) is 6.24. The fourth-order valence-corrected chi connectivity index (χ4v) is 2.35. The van der Waals surface area contributed by atoms with Crippen molar-refractivity contribution in [1.29, 1.82) is 0 Å². The molecule has 2 rings (SSSR count). The average Bonchev–Trinajstić information content (AvgIpc) is 2.91. The van der Waals surface area contributed by atoms with E-state index < -0.39 is 12.0 Å². The summed E-state index contributed by atoms with van der Waals surface area (Å²) in [6, 6.07) is 3.49. The maximum absolute atomic E-state index is 11.1. The minimum atomic E-state index is -0.781. The van der Waals surface area contributed by atoms with Crippen molar-refractivity contribution in [2.75, 3.05) is 0 Å². The van der Waals surface area contributed by atoms with E-state index in [1.165, 1.54) is 6.42 Å². The molecule has 0 spiro atoms. The van der Waals surface area contributed by atoms with Gasteiger partial charge in [-0.3, -0.25) is 10.1 Å². The quantitative estimate of drug-likeness (QED) is 0.758. The van der Waals surface area contributed by atoms with E-state index in [-0.39, 0.29) is 0 Å². The molecule has 4 nitrogen and oxygen atoms in total. The Hall–Kier alpha value is -1.29. The lowest BCUT2D eigenvalue weighted by Crippen LogP contribution is -2.36. The standard InChI is InChI=1S/C15H23NO3/c1-3-4-5-13(15(17)18)16-9-11-6-7-14(19-11)12-8-10(12)2/h6-7,10,12-13,16H,3-5,8-9H2,1-2H3,(H,17,18)/t10?,12?,13-/m0/s1. The third kappa shape index (κ3) is 3.83. The molecule has 0 saturated heterocycles. The van der Waals surface area contributed by atoms with Gasteiger partial charge in [-0.1, -0.05) is 26.7 Å². The van der Waals surface area contributed by atoms with Crippen LogP contribution in [-0.2, 0) is 11.3 Å². The van der Waals surface area contributed by atoms with Gasteiger partial charge in [0.1, 0.15) is 17.6 Å². The molecular weight excluding hydrogens is 242 g/mol. The molecule has 3 atom stereocenters. The van der Waals surface area contributed by atoms with Crippen molar-refractivity contribution < 1.29 is 14.3 Å². The number of carboxylic acid groups (broad SMARTS) is 1. The highest BCUT2D eigenvalue weighted by Gasteiger charge is 2.36. The number of hydrogen-bond donors (Lipinski definition) is 2. The monoisotopic (exact) mass is 265 g/mol. The molecule has 1 aliphatic carbocycles. The molecule has 1 fully saturated rings. The Balaban J connectivity index is 1.82. The molecule has 4 heteroatoms. The lowest BCUT2D eigenvalue weighted by Gasteiger charge is -2.12. The summed E-state index contributed by atoms with van der Waals surface area (Å²) in [6.45, 7) is 4.77. The molecule has 1 aromatic rings. The van der Waals surface area contributed by atoms with Crippen LogP contribution in [0.5, 0.6) is 0 Å². The number of furan rings is 1. The number of unbranched alkanes of at least 4 members (excludes halogenated alkanes) is 1. The summed E-state index contributed by atoms with van der Waals surface area (Å²) in [5.74, 6) is 2.39. The molecule has 1 aliphatic rings. The van der Waals surface area contributed by atoms with E-state index in [1.807, 2.05) is 12.1 Å². The van der Waals surface area contributed by atoms with Gasteiger partial charge in [0, 0.05) is 5.92 Å². The first-order chi connectivity index (χ1) is 9.11. The SMILES string of the molecule is CCCC[C@H](NCc1ccc(C2CC2C)o1)C(=O)O. The fraction of sp³-hybridized carbons (Fsp3) is 0.667. The number of carbonyl (C=O) groups is 1. The summed E-state index contributed by atoms with van der Waals surface area (Å²) < 4.78 is 5.76. The maximum atomic E-state index is 11.1. The number of rotatable bonds is 8. The summed E-state index contributed by atoms with van der Waals surface area (Å²) in [6.07, 6.45) is 3.80. The van der Waals surface area contributed by atoms with Crippen molar-refractivity contribution in [3.05, 3.63) is 23.7 Å². The Morgan fingerprint density at radius 1 is 1.58 bits per heavy atom. The van der Waals surface area contributed by atoms with Crippen LogP contribution in [-0.4, -0.2) is 17.1 Å². The van der Waals surface area contributed by atoms with Crippen molar-refractivity contribution >= 4 is 5.97 Å². The van der Waals surface area contributed by atoms with Crippen LogP contribution < -0.4 is 5.32 Å². The van der Waals surface area contributed by atoms with Gasteiger partial charge in [-0.2, -0.15) is 0 Å². The summed E-state index contributed by atoms with van der Waals surface area (Å²) in [4.78, 5) is 11.1. The molecule has 19 heavy (non-hydrogen) atoms. The molecule has 0 bridgehead atoms. The third-order valence-electron chi connectivity index (χ3n) is 3.82. The molecule has 1 aromatic heterocycles. The predicted molar refractivity (Wildman–Crippen MR) is 73.0 cm³/mol. The van der Waals surface area contributed by atoms with Gasteiger partial charge in [0.05, 0.1) is 6.54 Å². The van der Waals surface area contributed by atoms with Gasteiger partial charge in [-0.05, 0) is 30.9 Å². The van der Waals surface area contributed by atoms with Gasteiger partial charge in [0.25, 0.3) is 0 Å². The first-order valence-corrected chi connectivity index (χ1v) is 7.16. The van der Waals surface area contributed by atoms with Crippen LogP contribution in [0.15, 0.2) is 16.5 Å². The Morgan fingerprint density at radius 2 is 2.32 bits per heavy atom. The molecule has 2 N–H and O–H groups in total. The van der Waals surface area contributed by atoms with Crippen LogP contribution in [0.25, 0.3) is 0 Å². The zero-order valence-corrected chi connectivity index (χ0v) is 11.7. The molecule has 0 aromatic carbocycles. The van der Waals surface area contributed by atoms with Gasteiger partial charge in [0.15, 0.2) is 0 Å². The second-order valence-electron chi connectivity index (χ2n) is 5.54. The van der Waals surface area contributed by atoms with Crippen molar-refractivity contribution in [2.45, 2.75) is 58.0 Å². The molecule has 1 heterocycles. The zero-order chi connectivity index (χ0) is 13.8. The first kappa shape index (κ1) is 14.1. The van der Waals surface area contributed by atoms with E-state index in [0.717, 1.165) is 30.3 Å². The highest BCUT2D eigenvalue weighted by atomic mass is 16.4. The van der Waals surface area contributed by atoms with E-state index in [4.69, 9.17) is 9.52 Å². The largest absolute Gasteiger partial charge is 0.480 e. The highest BCUT2D eigenvalue weighted by molar-refractivity contribution is 5.73. The lowest BCUT2D eigenvalue weighted by molar-refractivity contribution is -0.139. The normalized spacial score (nSPS) is 23.3. The minimum absolute atomic E-state index is 0.478. The second-order valence-corrected chi connectivity index (χ2v) is 5.54. The number of nitrogens with one attached hydrogen (secondary N) is 1. The minimum Gasteiger partial charge on any atom is -0.480 e.